The van der Waals surface area contributed by atoms with Gasteiger partial charge in [-0.15, -0.1) is 11.3 Å². The van der Waals surface area contributed by atoms with Crippen LogP contribution in [0.5, 0.6) is 0 Å². The average Bonchev–Trinajstić information content (AvgIpc) is 3.11. The predicted octanol–water partition coefficient (Wildman–Crippen LogP) is 3.18. The lowest BCUT2D eigenvalue weighted by atomic mass is 10.1. The lowest BCUT2D eigenvalue weighted by molar-refractivity contribution is -0.117. The van der Waals surface area contributed by atoms with Crippen molar-refractivity contribution in [1.29, 1.82) is 0 Å². The highest BCUT2D eigenvalue weighted by Crippen LogP contribution is 2.24. The summed E-state index contributed by atoms with van der Waals surface area (Å²) in [6.45, 7) is 1.71. The molecule has 166 valence electrons. The first kappa shape index (κ1) is 23.0. The number of aryl methyl sites for hydroxylation is 1. The van der Waals surface area contributed by atoms with E-state index in [2.05, 4.69) is 15.6 Å². The maximum absolute atomic E-state index is 14.2. The molecular weight excluding hydrogens is 438 g/mol. The summed E-state index contributed by atoms with van der Waals surface area (Å²) in [5.74, 6) is -2.69. The average molecular weight is 458 g/mol. The lowest BCUT2D eigenvalue weighted by Gasteiger charge is -2.09. The van der Waals surface area contributed by atoms with Crippen LogP contribution in [0.4, 0.5) is 14.5 Å². The molecule has 4 N–H and O–H groups in total. The first-order chi connectivity index (χ1) is 15.2. The molecule has 0 aliphatic carbocycles. The summed E-state index contributed by atoms with van der Waals surface area (Å²) in [5.41, 5.74) is 6.30. The number of nitrogens with two attached hydrogens (primary N) is 1. The molecule has 1 aromatic heterocycles. The Morgan fingerprint density at radius 1 is 1.06 bits per heavy atom. The fourth-order valence-corrected chi connectivity index (χ4v) is 3.85. The first-order valence-electron chi connectivity index (χ1n) is 9.61. The highest BCUT2D eigenvalue weighted by molar-refractivity contribution is 7.14. The SMILES string of the molecule is Cc1nc(Cc2ccc(F)cc2)sc1C(=O)Nc1cc(C(=O)NCCC(N)=O)ccc1F. The van der Waals surface area contributed by atoms with E-state index in [0.717, 1.165) is 23.0 Å². The topological polar surface area (TPSA) is 114 Å². The van der Waals surface area contributed by atoms with Gasteiger partial charge in [0, 0.05) is 24.9 Å². The Balaban J connectivity index is 1.71. The zero-order valence-corrected chi connectivity index (χ0v) is 17.9. The van der Waals surface area contributed by atoms with E-state index in [4.69, 9.17) is 5.73 Å². The summed E-state index contributed by atoms with van der Waals surface area (Å²) in [6, 6.07) is 9.53. The number of halogens is 2. The number of amides is 3. The lowest BCUT2D eigenvalue weighted by Crippen LogP contribution is -2.28. The Hall–Kier alpha value is -3.66. The summed E-state index contributed by atoms with van der Waals surface area (Å²) in [4.78, 5) is 40.3. The van der Waals surface area contributed by atoms with Crippen LogP contribution in [-0.2, 0) is 11.2 Å². The molecule has 0 radical (unpaired) electrons. The van der Waals surface area contributed by atoms with Crippen LogP contribution < -0.4 is 16.4 Å². The number of carbonyl (C=O) groups excluding carboxylic acids is 3. The highest BCUT2D eigenvalue weighted by Gasteiger charge is 2.18. The molecule has 0 unspecified atom stereocenters. The van der Waals surface area contributed by atoms with Crippen LogP contribution in [0.2, 0.25) is 0 Å². The second kappa shape index (κ2) is 10.1. The van der Waals surface area contributed by atoms with Gasteiger partial charge in [-0.3, -0.25) is 14.4 Å². The van der Waals surface area contributed by atoms with E-state index in [0.29, 0.717) is 22.0 Å². The molecular formula is C22H20F2N4O3S. The van der Waals surface area contributed by atoms with Crippen molar-refractivity contribution in [3.63, 3.8) is 0 Å². The highest BCUT2D eigenvalue weighted by atomic mass is 32.1. The van der Waals surface area contributed by atoms with Gasteiger partial charge in [-0.1, -0.05) is 12.1 Å². The summed E-state index contributed by atoms with van der Waals surface area (Å²) in [5, 5.41) is 5.62. The maximum atomic E-state index is 14.2. The number of rotatable bonds is 8. The largest absolute Gasteiger partial charge is 0.370 e. The van der Waals surface area contributed by atoms with Crippen LogP contribution in [0.25, 0.3) is 0 Å². The number of benzene rings is 2. The van der Waals surface area contributed by atoms with Crippen LogP contribution >= 0.6 is 11.3 Å². The van der Waals surface area contributed by atoms with Gasteiger partial charge in [0.1, 0.15) is 16.5 Å². The van der Waals surface area contributed by atoms with E-state index >= 15 is 0 Å². The molecule has 0 aliphatic heterocycles. The minimum absolute atomic E-state index is 0.0264. The summed E-state index contributed by atoms with van der Waals surface area (Å²) >= 11 is 1.15. The van der Waals surface area contributed by atoms with E-state index in [-0.39, 0.29) is 30.0 Å². The molecule has 0 atom stereocenters. The third-order valence-electron chi connectivity index (χ3n) is 4.45. The summed E-state index contributed by atoms with van der Waals surface area (Å²) < 4.78 is 27.3. The van der Waals surface area contributed by atoms with Crippen LogP contribution in [-0.4, -0.2) is 29.3 Å². The van der Waals surface area contributed by atoms with Gasteiger partial charge in [0.05, 0.1) is 16.4 Å². The van der Waals surface area contributed by atoms with Crippen molar-refractivity contribution in [1.82, 2.24) is 10.3 Å². The number of aromatic nitrogens is 1. The molecule has 7 nitrogen and oxygen atoms in total. The minimum Gasteiger partial charge on any atom is -0.370 e. The Labute approximate surface area is 186 Å². The van der Waals surface area contributed by atoms with Crippen LogP contribution in [0.1, 0.15) is 42.7 Å². The number of nitrogens with zero attached hydrogens (tertiary/aromatic N) is 1. The number of nitrogens with one attached hydrogen (secondary N) is 2. The standard InChI is InChI=1S/C22H20F2N4O3S/c1-12-20(32-19(27-12)10-13-2-5-15(23)6-3-13)22(31)28-17-11-14(4-7-16(17)24)21(30)26-9-8-18(25)29/h2-7,11H,8-10H2,1H3,(H2,25,29)(H,26,30)(H,28,31). The van der Waals surface area contributed by atoms with Crippen molar-refractivity contribution in [3.8, 4) is 0 Å². The molecule has 0 bridgehead atoms. The Morgan fingerprint density at radius 3 is 2.47 bits per heavy atom. The fraction of sp³-hybridized carbons (Fsp3) is 0.182. The summed E-state index contributed by atoms with van der Waals surface area (Å²) in [6.07, 6.45) is 0.399. The Kier molecular flexibility index (Phi) is 7.26. The van der Waals surface area contributed by atoms with Gasteiger partial charge in [0.25, 0.3) is 11.8 Å². The molecule has 1 heterocycles. The van der Waals surface area contributed by atoms with Crippen molar-refractivity contribution in [3.05, 3.63) is 80.8 Å². The van der Waals surface area contributed by atoms with Crippen LogP contribution in [0.3, 0.4) is 0 Å². The second-order valence-electron chi connectivity index (χ2n) is 6.95. The van der Waals surface area contributed by atoms with Crippen LogP contribution in [0.15, 0.2) is 42.5 Å². The van der Waals surface area contributed by atoms with Crippen molar-refractivity contribution in [2.45, 2.75) is 19.8 Å². The number of primary amides is 1. The smallest absolute Gasteiger partial charge is 0.267 e. The Bertz CT molecular complexity index is 1160. The fourth-order valence-electron chi connectivity index (χ4n) is 2.86. The predicted molar refractivity (Wildman–Crippen MR) is 117 cm³/mol. The molecule has 0 aliphatic rings. The van der Waals surface area contributed by atoms with Gasteiger partial charge < -0.3 is 16.4 Å². The van der Waals surface area contributed by atoms with Gasteiger partial charge in [-0.25, -0.2) is 13.8 Å². The van der Waals surface area contributed by atoms with Gasteiger partial charge in [0.2, 0.25) is 5.91 Å². The second-order valence-corrected chi connectivity index (χ2v) is 8.03. The van der Waals surface area contributed by atoms with Crippen molar-refractivity contribution < 1.29 is 23.2 Å². The molecule has 32 heavy (non-hydrogen) atoms. The Morgan fingerprint density at radius 2 is 1.78 bits per heavy atom. The maximum Gasteiger partial charge on any atom is 0.267 e. The third-order valence-corrected chi connectivity index (χ3v) is 5.61. The summed E-state index contributed by atoms with van der Waals surface area (Å²) in [7, 11) is 0. The number of hydrogen-bond acceptors (Lipinski definition) is 5. The monoisotopic (exact) mass is 458 g/mol. The van der Waals surface area contributed by atoms with Crippen molar-refractivity contribution in [2.24, 2.45) is 5.73 Å². The molecule has 3 aromatic rings. The van der Waals surface area contributed by atoms with Crippen molar-refractivity contribution >= 4 is 34.7 Å². The molecule has 10 heteroatoms. The molecule has 3 rings (SSSR count). The van der Waals surface area contributed by atoms with E-state index in [1.807, 2.05) is 0 Å². The molecule has 3 amide bonds. The number of thiazole rings is 1. The molecule has 0 saturated carbocycles. The number of hydrogen-bond donors (Lipinski definition) is 3. The quantitative estimate of drug-likeness (QED) is 0.481. The van der Waals surface area contributed by atoms with Crippen molar-refractivity contribution in [2.75, 3.05) is 11.9 Å². The zero-order valence-electron chi connectivity index (χ0n) is 17.1. The molecule has 0 saturated heterocycles. The van der Waals surface area contributed by atoms with Gasteiger partial charge in [0.15, 0.2) is 0 Å². The molecule has 0 fully saturated rings. The normalized spacial score (nSPS) is 10.6. The van der Waals surface area contributed by atoms with E-state index < -0.39 is 23.5 Å². The number of carbonyl (C=O) groups is 3. The van der Waals surface area contributed by atoms with Gasteiger partial charge in [-0.2, -0.15) is 0 Å². The van der Waals surface area contributed by atoms with Gasteiger partial charge in [-0.05, 0) is 42.8 Å². The molecule has 0 spiro atoms. The third kappa shape index (κ3) is 5.94. The zero-order chi connectivity index (χ0) is 23.3. The van der Waals surface area contributed by atoms with E-state index in [1.165, 1.54) is 24.3 Å². The van der Waals surface area contributed by atoms with E-state index in [9.17, 15) is 23.2 Å². The first-order valence-corrected chi connectivity index (χ1v) is 10.4. The van der Waals surface area contributed by atoms with E-state index in [1.54, 1.807) is 19.1 Å². The molecule has 2 aromatic carbocycles. The minimum atomic E-state index is -0.708. The van der Waals surface area contributed by atoms with Crippen LogP contribution in [0, 0.1) is 18.6 Å². The number of anilines is 1. The van der Waals surface area contributed by atoms with Gasteiger partial charge >= 0.3 is 0 Å².